The normalized spacial score (nSPS) is 11.3. The molecular formula is C24H25N3O2. The van der Waals surface area contributed by atoms with Crippen LogP contribution in [0.5, 0.6) is 0 Å². The van der Waals surface area contributed by atoms with Crippen molar-refractivity contribution in [2.24, 2.45) is 0 Å². The first-order chi connectivity index (χ1) is 14.2. The number of hydrogen-bond acceptors (Lipinski definition) is 2. The maximum Gasteiger partial charge on any atom is 0.323 e. The molecule has 5 nitrogen and oxygen atoms in total. The largest absolute Gasteiger partial charge is 0.325 e. The van der Waals surface area contributed by atoms with Crippen molar-refractivity contribution in [2.75, 3.05) is 16.0 Å². The molecule has 0 aliphatic rings. The molecule has 0 saturated heterocycles. The van der Waals surface area contributed by atoms with E-state index in [1.54, 1.807) is 18.2 Å². The molecule has 29 heavy (non-hydrogen) atoms. The van der Waals surface area contributed by atoms with Gasteiger partial charge in [-0.15, -0.1) is 0 Å². The summed E-state index contributed by atoms with van der Waals surface area (Å²) in [5, 5.41) is 8.54. The number of urea groups is 1. The van der Waals surface area contributed by atoms with Crippen molar-refractivity contribution < 1.29 is 9.59 Å². The Hall–Kier alpha value is -3.60. The van der Waals surface area contributed by atoms with Gasteiger partial charge in [0.1, 0.15) is 0 Å². The van der Waals surface area contributed by atoms with Crippen molar-refractivity contribution in [2.45, 2.75) is 25.7 Å². The van der Waals surface area contributed by atoms with E-state index in [0.717, 1.165) is 18.4 Å². The summed E-state index contributed by atoms with van der Waals surface area (Å²) in [6.07, 6.45) is 1.68. The van der Waals surface area contributed by atoms with E-state index in [1.807, 2.05) is 66.7 Å². The van der Waals surface area contributed by atoms with E-state index >= 15 is 0 Å². The van der Waals surface area contributed by atoms with Gasteiger partial charge < -0.3 is 16.0 Å². The average molecular weight is 387 g/mol. The zero-order valence-corrected chi connectivity index (χ0v) is 16.4. The second kappa shape index (κ2) is 10.1. The third kappa shape index (κ3) is 5.94. The van der Waals surface area contributed by atoms with Crippen molar-refractivity contribution in [1.29, 1.82) is 0 Å². The Labute approximate surface area is 171 Å². The van der Waals surface area contributed by atoms with Gasteiger partial charge in [0.2, 0.25) is 5.91 Å². The first kappa shape index (κ1) is 20.1. The van der Waals surface area contributed by atoms with Crippen molar-refractivity contribution in [1.82, 2.24) is 0 Å². The van der Waals surface area contributed by atoms with Gasteiger partial charge in [-0.1, -0.05) is 67.9 Å². The highest BCUT2D eigenvalue weighted by molar-refractivity contribution is 6.01. The number of hydrogen-bond donors (Lipinski definition) is 3. The molecular weight excluding hydrogens is 362 g/mol. The molecule has 0 bridgehead atoms. The van der Waals surface area contributed by atoms with Gasteiger partial charge in [-0.3, -0.25) is 4.79 Å². The third-order valence-electron chi connectivity index (χ3n) is 4.52. The molecule has 0 fully saturated rings. The lowest BCUT2D eigenvalue weighted by Crippen LogP contribution is -2.22. The number of para-hydroxylation sites is 1. The zero-order valence-electron chi connectivity index (χ0n) is 16.4. The second-order valence-corrected chi connectivity index (χ2v) is 6.77. The van der Waals surface area contributed by atoms with Crippen LogP contribution in [0.25, 0.3) is 0 Å². The molecule has 148 valence electrons. The van der Waals surface area contributed by atoms with Crippen LogP contribution in [0.3, 0.4) is 0 Å². The van der Waals surface area contributed by atoms with Gasteiger partial charge in [0, 0.05) is 17.1 Å². The fourth-order valence-electron chi connectivity index (χ4n) is 3.14. The van der Waals surface area contributed by atoms with Crippen molar-refractivity contribution in [3.63, 3.8) is 0 Å². The van der Waals surface area contributed by atoms with Crippen LogP contribution in [0.2, 0.25) is 0 Å². The summed E-state index contributed by atoms with van der Waals surface area (Å²) in [4.78, 5) is 25.1. The van der Waals surface area contributed by atoms with Crippen LogP contribution in [0.15, 0.2) is 84.9 Å². The summed E-state index contributed by atoms with van der Waals surface area (Å²) in [5.41, 5.74) is 2.95. The molecule has 0 spiro atoms. The van der Waals surface area contributed by atoms with Crippen molar-refractivity contribution in [3.8, 4) is 0 Å². The van der Waals surface area contributed by atoms with Gasteiger partial charge in [-0.05, 0) is 42.3 Å². The number of anilines is 3. The van der Waals surface area contributed by atoms with Crippen LogP contribution in [0.4, 0.5) is 21.9 Å². The monoisotopic (exact) mass is 387 g/mol. The quantitative estimate of drug-likeness (QED) is 0.476. The third-order valence-corrected chi connectivity index (χ3v) is 4.52. The maximum absolute atomic E-state index is 12.9. The average Bonchev–Trinajstić information content (AvgIpc) is 2.73. The molecule has 0 aromatic heterocycles. The molecule has 3 aromatic carbocycles. The van der Waals surface area contributed by atoms with E-state index in [0.29, 0.717) is 17.1 Å². The summed E-state index contributed by atoms with van der Waals surface area (Å²) in [6.45, 7) is 2.07. The Morgan fingerprint density at radius 2 is 1.28 bits per heavy atom. The van der Waals surface area contributed by atoms with Gasteiger partial charge >= 0.3 is 6.03 Å². The molecule has 3 aromatic rings. The molecule has 0 saturated carbocycles. The summed E-state index contributed by atoms with van der Waals surface area (Å²) in [5.74, 6) is -0.261. The molecule has 0 heterocycles. The molecule has 0 unspecified atom stereocenters. The maximum atomic E-state index is 12.9. The first-order valence-electron chi connectivity index (χ1n) is 9.74. The molecule has 5 heteroatoms. The molecule has 3 rings (SSSR count). The summed E-state index contributed by atoms with van der Waals surface area (Å²) >= 11 is 0. The van der Waals surface area contributed by atoms with Gasteiger partial charge in [0.05, 0.1) is 5.92 Å². The number of carbonyl (C=O) groups is 2. The molecule has 3 N–H and O–H groups in total. The van der Waals surface area contributed by atoms with Crippen molar-refractivity contribution >= 4 is 29.0 Å². The number of nitrogens with one attached hydrogen (secondary N) is 3. The number of benzene rings is 3. The van der Waals surface area contributed by atoms with Crippen LogP contribution in [0, 0.1) is 0 Å². The second-order valence-electron chi connectivity index (χ2n) is 6.77. The van der Waals surface area contributed by atoms with Gasteiger partial charge in [0.25, 0.3) is 0 Å². The predicted octanol–water partition coefficient (Wildman–Crippen LogP) is 5.85. The highest BCUT2D eigenvalue weighted by Gasteiger charge is 2.19. The Kier molecular flexibility index (Phi) is 7.00. The molecule has 0 aliphatic heterocycles. The predicted molar refractivity (Wildman–Crippen MR) is 118 cm³/mol. The lowest BCUT2D eigenvalue weighted by atomic mass is 9.93. The fourth-order valence-corrected chi connectivity index (χ4v) is 3.14. The van der Waals surface area contributed by atoms with E-state index in [9.17, 15) is 9.59 Å². The summed E-state index contributed by atoms with van der Waals surface area (Å²) < 4.78 is 0. The van der Waals surface area contributed by atoms with Crippen molar-refractivity contribution in [3.05, 3.63) is 90.5 Å². The Morgan fingerprint density at radius 1 is 0.724 bits per heavy atom. The standard InChI is InChI=1S/C24H25N3O2/c1-2-10-22(18-11-5-3-6-12-18)23(28)25-20-15-9-16-21(17-20)27-24(29)26-19-13-7-4-8-14-19/h3-9,11-17,22H,2,10H2,1H3,(H,25,28)(H2,26,27,29)/t22-/m0/s1. The van der Waals surface area contributed by atoms with Gasteiger partial charge in [0.15, 0.2) is 0 Å². The lowest BCUT2D eigenvalue weighted by Gasteiger charge is -2.17. The number of rotatable bonds is 7. The minimum atomic E-state index is -0.340. The Balaban J connectivity index is 1.65. The number of carbonyl (C=O) groups excluding carboxylic acids is 2. The van der Waals surface area contributed by atoms with Crippen LogP contribution in [-0.4, -0.2) is 11.9 Å². The van der Waals surface area contributed by atoms with Crippen LogP contribution >= 0.6 is 0 Å². The minimum Gasteiger partial charge on any atom is -0.325 e. The molecule has 0 aliphatic carbocycles. The van der Waals surface area contributed by atoms with E-state index in [2.05, 4.69) is 22.9 Å². The van der Waals surface area contributed by atoms with E-state index < -0.39 is 0 Å². The SMILES string of the molecule is CCC[C@H](C(=O)Nc1cccc(NC(=O)Nc2ccccc2)c1)c1ccccc1. The summed E-state index contributed by atoms with van der Waals surface area (Å²) in [6, 6.07) is 25.8. The lowest BCUT2D eigenvalue weighted by molar-refractivity contribution is -0.117. The summed E-state index contributed by atoms with van der Waals surface area (Å²) in [7, 11) is 0. The van der Waals surface area contributed by atoms with E-state index in [-0.39, 0.29) is 17.9 Å². The highest BCUT2D eigenvalue weighted by atomic mass is 16.2. The van der Waals surface area contributed by atoms with E-state index in [4.69, 9.17) is 0 Å². The molecule has 0 radical (unpaired) electrons. The zero-order chi connectivity index (χ0) is 20.5. The highest BCUT2D eigenvalue weighted by Crippen LogP contribution is 2.24. The van der Waals surface area contributed by atoms with Crippen LogP contribution in [-0.2, 0) is 4.79 Å². The van der Waals surface area contributed by atoms with E-state index in [1.165, 1.54) is 0 Å². The van der Waals surface area contributed by atoms with Crippen LogP contribution < -0.4 is 16.0 Å². The van der Waals surface area contributed by atoms with Gasteiger partial charge in [-0.25, -0.2) is 4.79 Å². The molecule has 3 amide bonds. The molecule has 1 atom stereocenters. The minimum absolute atomic E-state index is 0.0519. The smallest absolute Gasteiger partial charge is 0.323 e. The van der Waals surface area contributed by atoms with Gasteiger partial charge in [-0.2, -0.15) is 0 Å². The topological polar surface area (TPSA) is 70.2 Å². The Bertz CT molecular complexity index is 943. The first-order valence-corrected chi connectivity index (χ1v) is 9.74. The van der Waals surface area contributed by atoms with Crippen LogP contribution in [0.1, 0.15) is 31.2 Å². The Morgan fingerprint density at radius 3 is 1.93 bits per heavy atom. The fraction of sp³-hybridized carbons (Fsp3) is 0.167. The number of amides is 3.